The summed E-state index contributed by atoms with van der Waals surface area (Å²) in [5, 5.41) is 0. The summed E-state index contributed by atoms with van der Waals surface area (Å²) in [6, 6.07) is 0. The van der Waals surface area contributed by atoms with E-state index in [2.05, 4.69) is 6.92 Å². The molecule has 0 amide bonds. The highest BCUT2D eigenvalue weighted by Crippen LogP contribution is 2.28. The van der Waals surface area contributed by atoms with Crippen molar-refractivity contribution in [1.82, 2.24) is 0 Å². The van der Waals surface area contributed by atoms with Crippen LogP contribution in [0.4, 0.5) is 0 Å². The monoisotopic (exact) mass is 158 g/mol. The van der Waals surface area contributed by atoms with Crippen LogP contribution in [0.1, 0.15) is 19.8 Å². The van der Waals surface area contributed by atoms with Crippen LogP contribution in [0.25, 0.3) is 0 Å². The van der Waals surface area contributed by atoms with E-state index in [4.69, 9.17) is 9.47 Å². The van der Waals surface area contributed by atoms with Crippen molar-refractivity contribution in [3.63, 3.8) is 0 Å². The average Bonchev–Trinajstić information content (AvgIpc) is 2.72. The number of methoxy groups -OCH3 is 1. The Kier molecular flexibility index (Phi) is 3.87. The maximum Gasteiger partial charge on any atom is 0.0513 e. The molecule has 1 unspecified atom stereocenters. The van der Waals surface area contributed by atoms with Gasteiger partial charge in [0, 0.05) is 19.6 Å². The molecule has 1 saturated carbocycles. The molecule has 1 aliphatic carbocycles. The van der Waals surface area contributed by atoms with E-state index >= 15 is 0 Å². The van der Waals surface area contributed by atoms with Crippen LogP contribution in [0.15, 0.2) is 0 Å². The van der Waals surface area contributed by atoms with Gasteiger partial charge in [-0.25, -0.2) is 0 Å². The first-order valence-electron chi connectivity index (χ1n) is 4.39. The van der Waals surface area contributed by atoms with Gasteiger partial charge in [0.05, 0.1) is 13.2 Å². The Hall–Kier alpha value is -0.0800. The molecule has 2 nitrogen and oxygen atoms in total. The fourth-order valence-electron chi connectivity index (χ4n) is 1.05. The molecule has 0 aromatic carbocycles. The maximum absolute atomic E-state index is 5.49. The van der Waals surface area contributed by atoms with Crippen LogP contribution < -0.4 is 0 Å². The van der Waals surface area contributed by atoms with E-state index in [1.807, 2.05) is 0 Å². The lowest BCUT2D eigenvalue weighted by molar-refractivity contribution is 0.0596. The summed E-state index contributed by atoms with van der Waals surface area (Å²) in [5.41, 5.74) is 0. The van der Waals surface area contributed by atoms with Gasteiger partial charge in [-0.2, -0.15) is 0 Å². The second kappa shape index (κ2) is 4.73. The Morgan fingerprint density at radius 2 is 2.09 bits per heavy atom. The van der Waals surface area contributed by atoms with Gasteiger partial charge in [0.1, 0.15) is 0 Å². The first kappa shape index (κ1) is 9.01. The van der Waals surface area contributed by atoms with Crippen LogP contribution in [0.5, 0.6) is 0 Å². The Bertz CT molecular complexity index is 99.7. The molecule has 1 fully saturated rings. The van der Waals surface area contributed by atoms with E-state index in [0.717, 1.165) is 25.7 Å². The third-order valence-corrected chi connectivity index (χ3v) is 1.90. The Morgan fingerprint density at radius 3 is 2.64 bits per heavy atom. The fraction of sp³-hybridized carbons (Fsp3) is 1.00. The van der Waals surface area contributed by atoms with Crippen LogP contribution in [0.3, 0.4) is 0 Å². The van der Waals surface area contributed by atoms with Gasteiger partial charge in [-0.1, -0.05) is 6.92 Å². The van der Waals surface area contributed by atoms with Gasteiger partial charge < -0.3 is 9.47 Å². The molecule has 0 radical (unpaired) electrons. The van der Waals surface area contributed by atoms with Crippen LogP contribution in [0.2, 0.25) is 0 Å². The lowest BCUT2D eigenvalue weighted by Gasteiger charge is -2.09. The Labute approximate surface area is 68.9 Å². The van der Waals surface area contributed by atoms with Gasteiger partial charge in [-0.05, 0) is 18.8 Å². The first-order valence-corrected chi connectivity index (χ1v) is 4.39. The maximum atomic E-state index is 5.49. The minimum Gasteiger partial charge on any atom is -0.384 e. The van der Waals surface area contributed by atoms with Gasteiger partial charge >= 0.3 is 0 Å². The van der Waals surface area contributed by atoms with Crippen molar-refractivity contribution in [3.8, 4) is 0 Å². The third-order valence-electron chi connectivity index (χ3n) is 1.90. The molecule has 0 N–H and O–H groups in total. The molecule has 0 bridgehead atoms. The summed E-state index contributed by atoms with van der Waals surface area (Å²) in [5.74, 6) is 1.42. The quantitative estimate of drug-likeness (QED) is 0.585. The molecule has 0 aliphatic heterocycles. The standard InChI is InChI=1S/C9H18O2/c1-8(5-10-2)6-11-7-9-3-4-9/h8-9H,3-7H2,1-2H3. The zero-order chi connectivity index (χ0) is 8.10. The van der Waals surface area contributed by atoms with E-state index in [0.29, 0.717) is 5.92 Å². The van der Waals surface area contributed by atoms with Crippen LogP contribution in [0, 0.1) is 11.8 Å². The summed E-state index contributed by atoms with van der Waals surface area (Å²) in [4.78, 5) is 0. The number of ether oxygens (including phenoxy) is 2. The molecule has 11 heavy (non-hydrogen) atoms. The average molecular weight is 158 g/mol. The lowest BCUT2D eigenvalue weighted by Crippen LogP contribution is -2.12. The zero-order valence-electron chi connectivity index (χ0n) is 7.51. The molecule has 1 rings (SSSR count). The summed E-state index contributed by atoms with van der Waals surface area (Å²) >= 11 is 0. The van der Waals surface area contributed by atoms with Crippen molar-refractivity contribution < 1.29 is 9.47 Å². The molecule has 1 atom stereocenters. The summed E-state index contributed by atoms with van der Waals surface area (Å²) in [7, 11) is 1.73. The molecular formula is C9H18O2. The SMILES string of the molecule is COCC(C)COCC1CC1. The topological polar surface area (TPSA) is 18.5 Å². The Balaban J connectivity index is 1.84. The van der Waals surface area contributed by atoms with Gasteiger partial charge in [0.15, 0.2) is 0 Å². The minimum absolute atomic E-state index is 0.541. The molecule has 66 valence electrons. The van der Waals surface area contributed by atoms with Gasteiger partial charge in [-0.3, -0.25) is 0 Å². The number of rotatable bonds is 6. The van der Waals surface area contributed by atoms with Gasteiger partial charge in [0.2, 0.25) is 0 Å². The highest BCUT2D eigenvalue weighted by atomic mass is 16.5. The van der Waals surface area contributed by atoms with Crippen molar-refractivity contribution >= 4 is 0 Å². The predicted octanol–water partition coefficient (Wildman–Crippen LogP) is 1.70. The Morgan fingerprint density at radius 1 is 1.36 bits per heavy atom. The van der Waals surface area contributed by atoms with E-state index in [9.17, 15) is 0 Å². The second-order valence-electron chi connectivity index (χ2n) is 3.54. The molecule has 1 aliphatic rings. The molecule has 0 spiro atoms. The summed E-state index contributed by atoms with van der Waals surface area (Å²) in [6.07, 6.45) is 2.75. The fourth-order valence-corrected chi connectivity index (χ4v) is 1.05. The molecule has 0 saturated heterocycles. The zero-order valence-corrected chi connectivity index (χ0v) is 7.51. The van der Waals surface area contributed by atoms with Crippen molar-refractivity contribution in [2.24, 2.45) is 11.8 Å². The largest absolute Gasteiger partial charge is 0.384 e. The number of hydrogen-bond donors (Lipinski definition) is 0. The van der Waals surface area contributed by atoms with Crippen molar-refractivity contribution in [3.05, 3.63) is 0 Å². The highest BCUT2D eigenvalue weighted by molar-refractivity contribution is 4.72. The van der Waals surface area contributed by atoms with E-state index in [-0.39, 0.29) is 0 Å². The highest BCUT2D eigenvalue weighted by Gasteiger charge is 2.21. The lowest BCUT2D eigenvalue weighted by atomic mass is 10.2. The normalized spacial score (nSPS) is 20.2. The van der Waals surface area contributed by atoms with E-state index in [1.54, 1.807) is 7.11 Å². The van der Waals surface area contributed by atoms with E-state index < -0.39 is 0 Å². The predicted molar refractivity (Wildman–Crippen MR) is 44.6 cm³/mol. The minimum atomic E-state index is 0.541. The second-order valence-corrected chi connectivity index (χ2v) is 3.54. The van der Waals surface area contributed by atoms with Gasteiger partial charge in [-0.15, -0.1) is 0 Å². The third kappa shape index (κ3) is 4.38. The molecular weight excluding hydrogens is 140 g/mol. The summed E-state index contributed by atoms with van der Waals surface area (Å²) < 4.78 is 10.5. The van der Waals surface area contributed by atoms with Crippen LogP contribution in [-0.2, 0) is 9.47 Å². The molecule has 0 aromatic heterocycles. The van der Waals surface area contributed by atoms with E-state index in [1.165, 1.54) is 12.8 Å². The summed E-state index contributed by atoms with van der Waals surface area (Å²) in [6.45, 7) is 4.78. The van der Waals surface area contributed by atoms with Gasteiger partial charge in [0.25, 0.3) is 0 Å². The van der Waals surface area contributed by atoms with Crippen molar-refractivity contribution in [2.45, 2.75) is 19.8 Å². The molecule has 2 heteroatoms. The van der Waals surface area contributed by atoms with Crippen molar-refractivity contribution in [2.75, 3.05) is 26.9 Å². The number of hydrogen-bond acceptors (Lipinski definition) is 2. The molecule has 0 aromatic rings. The molecule has 0 heterocycles. The first-order chi connectivity index (χ1) is 5.33. The van der Waals surface area contributed by atoms with Crippen molar-refractivity contribution in [1.29, 1.82) is 0 Å². The van der Waals surface area contributed by atoms with Crippen LogP contribution >= 0.6 is 0 Å². The smallest absolute Gasteiger partial charge is 0.0513 e. The van der Waals surface area contributed by atoms with Crippen LogP contribution in [-0.4, -0.2) is 26.9 Å².